The number of hydrogen-bond acceptors (Lipinski definition) is 5. The minimum Gasteiger partial charge on any atom is -0.477 e. The number of rotatable bonds is 5. The van der Waals surface area contributed by atoms with Gasteiger partial charge in [-0.1, -0.05) is 11.6 Å². The monoisotopic (exact) mass is 395 g/mol. The van der Waals surface area contributed by atoms with E-state index in [0.717, 1.165) is 18.2 Å². The molecule has 2 unspecified atom stereocenters. The van der Waals surface area contributed by atoms with Gasteiger partial charge in [-0.15, -0.1) is 0 Å². The molecule has 0 radical (unpaired) electrons. The summed E-state index contributed by atoms with van der Waals surface area (Å²) in [6.45, 7) is 5.00. The Morgan fingerprint density at radius 1 is 1.24 bits per heavy atom. The number of pyridine rings is 1. The van der Waals surface area contributed by atoms with Crippen LogP contribution in [0.1, 0.15) is 29.3 Å². The molecule has 1 saturated heterocycles. The van der Waals surface area contributed by atoms with Crippen LogP contribution in [0.3, 0.4) is 0 Å². The van der Waals surface area contributed by atoms with Gasteiger partial charge in [-0.2, -0.15) is 15.0 Å². The average molecular weight is 395 g/mol. The number of carbonyl (C=O) groups excluding carboxylic acids is 1. The lowest BCUT2D eigenvalue weighted by Gasteiger charge is -2.23. The van der Waals surface area contributed by atoms with Crippen LogP contribution in [0.5, 0.6) is 5.88 Å². The molecule has 1 aromatic carbocycles. The van der Waals surface area contributed by atoms with Gasteiger partial charge >= 0.3 is 0 Å². The Labute approximate surface area is 168 Å². The Morgan fingerprint density at radius 3 is 2.76 bits per heavy atom. The molecular formula is C21H22FN5O2. The summed E-state index contributed by atoms with van der Waals surface area (Å²) in [6, 6.07) is 8.58. The first-order valence-corrected chi connectivity index (χ1v) is 9.54. The molecule has 0 bridgehead atoms. The first kappa shape index (κ1) is 19.0. The van der Waals surface area contributed by atoms with E-state index < -0.39 is 5.82 Å². The SMILES string of the molecule is Cc1ccc(-n2nccn2)c(C(=O)N2CC(COc3ccc(F)cn3)CC2C)c1. The number of aromatic nitrogens is 4. The Balaban J connectivity index is 1.48. The highest BCUT2D eigenvalue weighted by molar-refractivity contribution is 5.98. The lowest BCUT2D eigenvalue weighted by atomic mass is 10.1. The van der Waals surface area contributed by atoms with E-state index in [-0.39, 0.29) is 17.9 Å². The molecule has 3 heterocycles. The van der Waals surface area contributed by atoms with Gasteiger partial charge in [0, 0.05) is 24.6 Å². The molecule has 4 rings (SSSR count). The molecule has 3 aromatic rings. The van der Waals surface area contributed by atoms with Crippen LogP contribution < -0.4 is 4.74 Å². The second-order valence-corrected chi connectivity index (χ2v) is 7.37. The van der Waals surface area contributed by atoms with Gasteiger partial charge in [-0.3, -0.25) is 4.79 Å². The Hall–Kier alpha value is -3.29. The zero-order chi connectivity index (χ0) is 20.4. The second kappa shape index (κ2) is 7.98. The Kier molecular flexibility index (Phi) is 5.24. The van der Waals surface area contributed by atoms with Crippen LogP contribution in [0, 0.1) is 18.7 Å². The highest BCUT2D eigenvalue weighted by atomic mass is 19.1. The fourth-order valence-electron chi connectivity index (χ4n) is 3.69. The average Bonchev–Trinajstić information content (AvgIpc) is 3.37. The molecule has 150 valence electrons. The Bertz CT molecular complexity index is 991. The van der Waals surface area contributed by atoms with E-state index in [9.17, 15) is 9.18 Å². The third kappa shape index (κ3) is 4.11. The number of aryl methyl sites for hydroxylation is 1. The molecule has 0 N–H and O–H groups in total. The smallest absolute Gasteiger partial charge is 0.256 e. The zero-order valence-corrected chi connectivity index (χ0v) is 16.3. The van der Waals surface area contributed by atoms with Crippen molar-refractivity contribution in [1.82, 2.24) is 24.9 Å². The molecule has 0 aliphatic carbocycles. The van der Waals surface area contributed by atoms with Gasteiger partial charge in [-0.05, 0) is 38.5 Å². The van der Waals surface area contributed by atoms with Gasteiger partial charge < -0.3 is 9.64 Å². The van der Waals surface area contributed by atoms with Crippen LogP contribution >= 0.6 is 0 Å². The summed E-state index contributed by atoms with van der Waals surface area (Å²) in [7, 11) is 0. The third-order valence-electron chi connectivity index (χ3n) is 5.11. The summed E-state index contributed by atoms with van der Waals surface area (Å²) in [5, 5.41) is 8.34. The van der Waals surface area contributed by atoms with Crippen molar-refractivity contribution in [3.63, 3.8) is 0 Å². The topological polar surface area (TPSA) is 73.1 Å². The van der Waals surface area contributed by atoms with Crippen LogP contribution in [-0.2, 0) is 0 Å². The van der Waals surface area contributed by atoms with E-state index in [4.69, 9.17) is 4.74 Å². The van der Waals surface area contributed by atoms with Crippen LogP contribution in [0.4, 0.5) is 4.39 Å². The first-order chi connectivity index (χ1) is 14.0. The van der Waals surface area contributed by atoms with E-state index in [0.29, 0.717) is 30.3 Å². The lowest BCUT2D eigenvalue weighted by Crippen LogP contribution is -2.35. The number of halogens is 1. The predicted octanol–water partition coefficient (Wildman–Crippen LogP) is 3.04. The van der Waals surface area contributed by atoms with E-state index in [1.165, 1.54) is 16.9 Å². The number of amides is 1. The molecule has 2 aromatic heterocycles. The summed E-state index contributed by atoms with van der Waals surface area (Å²) in [6.07, 6.45) is 5.13. The molecule has 7 nitrogen and oxygen atoms in total. The van der Waals surface area contributed by atoms with Crippen molar-refractivity contribution >= 4 is 5.91 Å². The van der Waals surface area contributed by atoms with E-state index in [1.807, 2.05) is 36.9 Å². The molecule has 8 heteroatoms. The van der Waals surface area contributed by atoms with Crippen molar-refractivity contribution in [2.45, 2.75) is 26.3 Å². The molecule has 1 fully saturated rings. The number of nitrogens with zero attached hydrogens (tertiary/aromatic N) is 5. The normalized spacial score (nSPS) is 18.8. The maximum Gasteiger partial charge on any atom is 0.256 e. The fourth-order valence-corrected chi connectivity index (χ4v) is 3.69. The summed E-state index contributed by atoms with van der Waals surface area (Å²) < 4.78 is 18.7. The second-order valence-electron chi connectivity index (χ2n) is 7.37. The molecule has 1 aliphatic rings. The number of hydrogen-bond donors (Lipinski definition) is 0. The first-order valence-electron chi connectivity index (χ1n) is 9.54. The van der Waals surface area contributed by atoms with E-state index >= 15 is 0 Å². The summed E-state index contributed by atoms with van der Waals surface area (Å²) in [5.74, 6) is 0.117. The van der Waals surface area contributed by atoms with Gasteiger partial charge in [0.25, 0.3) is 5.91 Å². The van der Waals surface area contributed by atoms with E-state index in [2.05, 4.69) is 15.2 Å². The molecule has 2 atom stereocenters. The summed E-state index contributed by atoms with van der Waals surface area (Å²) >= 11 is 0. The summed E-state index contributed by atoms with van der Waals surface area (Å²) in [5.41, 5.74) is 2.24. The maximum atomic E-state index is 13.3. The highest BCUT2D eigenvalue weighted by Crippen LogP contribution is 2.27. The quantitative estimate of drug-likeness (QED) is 0.664. The van der Waals surface area contributed by atoms with Crippen LogP contribution in [-0.4, -0.2) is 50.0 Å². The van der Waals surface area contributed by atoms with Gasteiger partial charge in [0.1, 0.15) is 5.82 Å². The number of benzene rings is 1. The van der Waals surface area contributed by atoms with Crippen molar-refractivity contribution in [3.8, 4) is 11.6 Å². The van der Waals surface area contributed by atoms with Gasteiger partial charge in [0.05, 0.1) is 36.4 Å². The number of carbonyl (C=O) groups is 1. The molecule has 29 heavy (non-hydrogen) atoms. The minimum atomic E-state index is -0.399. The van der Waals surface area contributed by atoms with Gasteiger partial charge in [0.2, 0.25) is 5.88 Å². The molecule has 0 saturated carbocycles. The molecule has 1 aliphatic heterocycles. The molecule has 1 amide bonds. The fraction of sp³-hybridized carbons (Fsp3) is 0.333. The largest absolute Gasteiger partial charge is 0.477 e. The lowest BCUT2D eigenvalue weighted by molar-refractivity contribution is 0.0739. The van der Waals surface area contributed by atoms with Crippen LogP contribution in [0.25, 0.3) is 5.69 Å². The van der Waals surface area contributed by atoms with Crippen LogP contribution in [0.2, 0.25) is 0 Å². The van der Waals surface area contributed by atoms with Crippen molar-refractivity contribution in [1.29, 1.82) is 0 Å². The molecular weight excluding hydrogens is 373 g/mol. The van der Waals surface area contributed by atoms with Crippen LogP contribution in [0.15, 0.2) is 48.9 Å². The maximum absolute atomic E-state index is 13.3. The number of likely N-dealkylation sites (tertiary alicyclic amines) is 1. The van der Waals surface area contributed by atoms with Crippen molar-refractivity contribution < 1.29 is 13.9 Å². The van der Waals surface area contributed by atoms with Crippen molar-refractivity contribution in [2.24, 2.45) is 5.92 Å². The third-order valence-corrected chi connectivity index (χ3v) is 5.11. The number of ether oxygens (including phenoxy) is 1. The Morgan fingerprint density at radius 2 is 2.03 bits per heavy atom. The highest BCUT2D eigenvalue weighted by Gasteiger charge is 2.34. The minimum absolute atomic E-state index is 0.0455. The van der Waals surface area contributed by atoms with Crippen molar-refractivity contribution in [3.05, 3.63) is 65.9 Å². The van der Waals surface area contributed by atoms with Crippen molar-refractivity contribution in [2.75, 3.05) is 13.2 Å². The summed E-state index contributed by atoms with van der Waals surface area (Å²) in [4.78, 5) is 20.6. The van der Waals surface area contributed by atoms with Gasteiger partial charge in [0.15, 0.2) is 0 Å². The standard InChI is InChI=1S/C21H22FN5O2/c1-14-3-5-19(27-24-7-8-25-27)18(9-14)21(28)26-12-16(10-15(26)2)13-29-20-6-4-17(22)11-23-20/h3-9,11,15-16H,10,12-13H2,1-2H3. The molecule has 0 spiro atoms. The van der Waals surface area contributed by atoms with E-state index in [1.54, 1.807) is 12.4 Å². The van der Waals surface area contributed by atoms with Gasteiger partial charge in [-0.25, -0.2) is 9.37 Å². The predicted molar refractivity (Wildman–Crippen MR) is 104 cm³/mol. The zero-order valence-electron chi connectivity index (χ0n) is 16.3.